The lowest BCUT2D eigenvalue weighted by Crippen LogP contribution is -2.10. The van der Waals surface area contributed by atoms with Gasteiger partial charge in [-0.1, -0.05) is 24.3 Å². The van der Waals surface area contributed by atoms with E-state index in [1.165, 1.54) is 18.5 Å². The minimum Gasteiger partial charge on any atom is -0.493 e. The second-order valence-electron chi connectivity index (χ2n) is 5.75. The molecule has 1 aromatic heterocycles. The molecule has 0 aliphatic rings. The Morgan fingerprint density at radius 3 is 2.59 bits per heavy atom. The van der Waals surface area contributed by atoms with Gasteiger partial charge in [0.1, 0.15) is 17.2 Å². The molecule has 0 amide bonds. The van der Waals surface area contributed by atoms with Crippen molar-refractivity contribution in [2.75, 3.05) is 18.5 Å². The Hall–Kier alpha value is -3.54. The molecule has 0 spiro atoms. The van der Waals surface area contributed by atoms with Crippen LogP contribution < -0.4 is 14.8 Å². The van der Waals surface area contributed by atoms with Crippen LogP contribution in [0.3, 0.4) is 0 Å². The quantitative estimate of drug-likeness (QED) is 0.546. The number of aromatic nitrogens is 1. The summed E-state index contributed by atoms with van der Waals surface area (Å²) in [6.07, 6.45) is 3.68. The van der Waals surface area contributed by atoms with Crippen molar-refractivity contribution in [2.24, 2.45) is 0 Å². The molecule has 0 radical (unpaired) electrons. The Morgan fingerprint density at radius 2 is 1.78 bits per heavy atom. The van der Waals surface area contributed by atoms with Crippen molar-refractivity contribution in [1.29, 1.82) is 0 Å². The molecule has 0 aliphatic heterocycles. The summed E-state index contributed by atoms with van der Waals surface area (Å²) in [6, 6.07) is 18.5. The molecule has 2 N–H and O–H groups in total. The summed E-state index contributed by atoms with van der Waals surface area (Å²) in [5.74, 6) is 1.21. The van der Waals surface area contributed by atoms with Gasteiger partial charge in [-0.2, -0.15) is 0 Å². The molecular formula is C21H20N2O4. The lowest BCUT2D eigenvalue weighted by molar-refractivity contribution is 0.0698. The lowest BCUT2D eigenvalue weighted by Gasteiger charge is -2.11. The maximum absolute atomic E-state index is 11.2. The van der Waals surface area contributed by atoms with Gasteiger partial charge in [0.2, 0.25) is 0 Å². The Balaban J connectivity index is 1.46. The van der Waals surface area contributed by atoms with E-state index in [4.69, 9.17) is 14.6 Å². The summed E-state index contributed by atoms with van der Waals surface area (Å²) in [4.78, 5) is 15.1. The highest BCUT2D eigenvalue weighted by atomic mass is 16.5. The molecule has 6 heteroatoms. The third-order valence-corrected chi connectivity index (χ3v) is 3.74. The highest BCUT2D eigenvalue weighted by Gasteiger charge is 2.08. The second kappa shape index (κ2) is 9.24. The van der Waals surface area contributed by atoms with E-state index in [0.29, 0.717) is 31.0 Å². The molecule has 0 fully saturated rings. The normalized spacial score (nSPS) is 10.2. The number of rotatable bonds is 9. The van der Waals surface area contributed by atoms with Crippen molar-refractivity contribution in [3.8, 4) is 17.2 Å². The molecule has 3 aromatic rings. The number of hydrogen-bond acceptors (Lipinski definition) is 5. The number of pyridine rings is 1. The van der Waals surface area contributed by atoms with Crippen LogP contribution >= 0.6 is 0 Å². The Labute approximate surface area is 157 Å². The molecule has 138 valence electrons. The van der Waals surface area contributed by atoms with Crippen LogP contribution in [0.1, 0.15) is 16.8 Å². The molecule has 6 nitrogen and oxygen atoms in total. The number of aromatic carboxylic acids is 1. The first kappa shape index (κ1) is 18.3. The first-order chi connectivity index (χ1) is 13.2. The smallest absolute Gasteiger partial charge is 0.337 e. The van der Waals surface area contributed by atoms with Crippen molar-refractivity contribution in [3.05, 3.63) is 78.6 Å². The van der Waals surface area contributed by atoms with Crippen molar-refractivity contribution < 1.29 is 19.4 Å². The minimum atomic E-state index is -0.980. The topological polar surface area (TPSA) is 80.7 Å². The van der Waals surface area contributed by atoms with Crippen molar-refractivity contribution in [2.45, 2.75) is 6.42 Å². The van der Waals surface area contributed by atoms with Crippen LogP contribution in [0.15, 0.2) is 73.1 Å². The van der Waals surface area contributed by atoms with Gasteiger partial charge in [0, 0.05) is 18.8 Å². The molecule has 0 aliphatic carbocycles. The van der Waals surface area contributed by atoms with Gasteiger partial charge >= 0.3 is 5.97 Å². The average Bonchev–Trinajstić information content (AvgIpc) is 2.69. The van der Waals surface area contributed by atoms with Crippen LogP contribution in [0.2, 0.25) is 0 Å². The number of benzene rings is 2. The predicted octanol–water partition coefficient (Wildman–Crippen LogP) is 4.45. The van der Waals surface area contributed by atoms with E-state index in [-0.39, 0.29) is 5.56 Å². The van der Waals surface area contributed by atoms with E-state index < -0.39 is 5.97 Å². The van der Waals surface area contributed by atoms with Gasteiger partial charge in [-0.15, -0.1) is 0 Å². The Kier molecular flexibility index (Phi) is 6.25. The highest BCUT2D eigenvalue weighted by molar-refractivity contribution is 5.93. The average molecular weight is 364 g/mol. The number of ether oxygens (including phenoxy) is 2. The summed E-state index contributed by atoms with van der Waals surface area (Å²) in [5.41, 5.74) is 0.708. The summed E-state index contributed by atoms with van der Waals surface area (Å²) >= 11 is 0. The summed E-state index contributed by atoms with van der Waals surface area (Å²) < 4.78 is 11.5. The summed E-state index contributed by atoms with van der Waals surface area (Å²) in [5, 5.41) is 12.2. The third-order valence-electron chi connectivity index (χ3n) is 3.74. The molecule has 2 aromatic carbocycles. The van der Waals surface area contributed by atoms with Crippen LogP contribution in [-0.4, -0.2) is 29.2 Å². The van der Waals surface area contributed by atoms with Gasteiger partial charge in [-0.25, -0.2) is 4.79 Å². The van der Waals surface area contributed by atoms with Gasteiger partial charge in [0.25, 0.3) is 0 Å². The molecule has 0 atom stereocenters. The first-order valence-electron chi connectivity index (χ1n) is 8.59. The van der Waals surface area contributed by atoms with Crippen molar-refractivity contribution in [3.63, 3.8) is 0 Å². The van der Waals surface area contributed by atoms with Crippen LogP contribution in [-0.2, 0) is 0 Å². The zero-order chi connectivity index (χ0) is 18.9. The number of para-hydroxylation sites is 1. The van der Waals surface area contributed by atoms with E-state index in [1.807, 2.05) is 54.6 Å². The number of anilines is 1. The van der Waals surface area contributed by atoms with E-state index >= 15 is 0 Å². The zero-order valence-corrected chi connectivity index (χ0v) is 14.7. The maximum atomic E-state index is 11.2. The summed E-state index contributed by atoms with van der Waals surface area (Å²) in [7, 11) is 0. The van der Waals surface area contributed by atoms with E-state index in [0.717, 1.165) is 11.5 Å². The van der Waals surface area contributed by atoms with Crippen LogP contribution in [0.25, 0.3) is 0 Å². The monoisotopic (exact) mass is 364 g/mol. The number of hydrogen-bond donors (Lipinski definition) is 2. The van der Waals surface area contributed by atoms with Crippen molar-refractivity contribution in [1.82, 2.24) is 4.98 Å². The van der Waals surface area contributed by atoms with Gasteiger partial charge in [0.05, 0.1) is 24.1 Å². The predicted molar refractivity (Wildman–Crippen MR) is 103 cm³/mol. The third kappa shape index (κ3) is 5.47. The number of carboxylic acid groups (broad SMARTS) is 1. The number of nitrogens with zero attached hydrogens (tertiary/aromatic N) is 1. The molecule has 3 rings (SSSR count). The van der Waals surface area contributed by atoms with E-state index in [2.05, 4.69) is 10.3 Å². The highest BCUT2D eigenvalue weighted by Crippen LogP contribution is 2.25. The van der Waals surface area contributed by atoms with Gasteiger partial charge in [-0.3, -0.25) is 4.98 Å². The Bertz CT molecular complexity index is 884. The molecule has 0 saturated carbocycles. The fraction of sp³-hybridized carbons (Fsp3) is 0.143. The van der Waals surface area contributed by atoms with Gasteiger partial charge in [0.15, 0.2) is 0 Å². The Morgan fingerprint density at radius 1 is 1.00 bits per heavy atom. The largest absolute Gasteiger partial charge is 0.493 e. The van der Waals surface area contributed by atoms with Crippen LogP contribution in [0.4, 0.5) is 5.69 Å². The number of nitrogens with one attached hydrogen (secondary N) is 1. The molecule has 0 saturated heterocycles. The molecular weight excluding hydrogens is 344 g/mol. The summed E-state index contributed by atoms with van der Waals surface area (Å²) in [6.45, 7) is 1.07. The van der Waals surface area contributed by atoms with Gasteiger partial charge in [-0.05, 0) is 36.8 Å². The number of carboxylic acids is 1. The lowest BCUT2D eigenvalue weighted by atomic mass is 10.2. The molecule has 0 bridgehead atoms. The first-order valence-corrected chi connectivity index (χ1v) is 8.59. The molecule has 27 heavy (non-hydrogen) atoms. The SMILES string of the molecule is O=C(O)c1ccncc1NCCCOc1cccc(Oc2ccccc2)c1. The second-order valence-corrected chi connectivity index (χ2v) is 5.75. The molecule has 1 heterocycles. The van der Waals surface area contributed by atoms with Crippen molar-refractivity contribution >= 4 is 11.7 Å². The minimum absolute atomic E-state index is 0.205. The number of carbonyl (C=O) groups is 1. The molecule has 0 unspecified atom stereocenters. The maximum Gasteiger partial charge on any atom is 0.337 e. The van der Waals surface area contributed by atoms with E-state index in [9.17, 15) is 4.79 Å². The van der Waals surface area contributed by atoms with Crippen LogP contribution in [0.5, 0.6) is 17.2 Å². The van der Waals surface area contributed by atoms with Crippen LogP contribution in [0, 0.1) is 0 Å². The van der Waals surface area contributed by atoms with E-state index in [1.54, 1.807) is 0 Å². The standard InChI is InChI=1S/C21H20N2O4/c24-21(25)19-10-12-22-15-20(19)23-11-5-13-26-17-8-4-9-18(14-17)27-16-6-2-1-3-7-16/h1-4,6-10,12,14-15,23H,5,11,13H2,(H,24,25). The fourth-order valence-electron chi connectivity index (χ4n) is 2.46. The fourth-order valence-corrected chi connectivity index (χ4v) is 2.46. The zero-order valence-electron chi connectivity index (χ0n) is 14.7. The van der Waals surface area contributed by atoms with Gasteiger partial charge < -0.3 is 19.9 Å².